The van der Waals surface area contributed by atoms with Gasteiger partial charge in [-0.15, -0.1) is 11.3 Å². The number of ether oxygens (including phenoxy) is 1. The zero-order valence-electron chi connectivity index (χ0n) is 11.1. The van der Waals surface area contributed by atoms with Gasteiger partial charge in [0, 0.05) is 17.6 Å². The van der Waals surface area contributed by atoms with Crippen LogP contribution in [0.2, 0.25) is 0 Å². The molecule has 0 aliphatic heterocycles. The fourth-order valence-electron chi connectivity index (χ4n) is 1.64. The number of nitrogens with zero attached hydrogens (tertiary/aromatic N) is 1. The van der Waals surface area contributed by atoms with Crippen molar-refractivity contribution in [2.75, 3.05) is 13.2 Å². The molecule has 0 radical (unpaired) electrons. The molecule has 0 amide bonds. The molecular weight excluding hydrogens is 296 g/mol. The highest BCUT2D eigenvalue weighted by Gasteiger charge is 2.13. The molecule has 0 fully saturated rings. The number of hydrogen-bond acceptors (Lipinski definition) is 5. The minimum absolute atomic E-state index is 0.241. The van der Waals surface area contributed by atoms with Crippen LogP contribution in [0.1, 0.15) is 11.8 Å². The van der Waals surface area contributed by atoms with Crippen LogP contribution < -0.4 is 9.46 Å². The molecule has 0 saturated heterocycles. The van der Waals surface area contributed by atoms with E-state index in [2.05, 4.69) is 9.71 Å². The standard InChI is InChI=1S/C13H16N2O3S2/c1-2-18-11-3-5-13(6-4-11)20(16,17)15-8-7-12-9-14-10-19-12/h3-6,9-10,15H,2,7-8H2,1H3. The summed E-state index contributed by atoms with van der Waals surface area (Å²) in [7, 11) is -3.47. The van der Waals surface area contributed by atoms with Crippen LogP contribution >= 0.6 is 11.3 Å². The van der Waals surface area contributed by atoms with Gasteiger partial charge in [-0.3, -0.25) is 4.98 Å². The maximum Gasteiger partial charge on any atom is 0.240 e. The molecule has 2 rings (SSSR count). The van der Waals surface area contributed by atoms with Crippen LogP contribution in [-0.4, -0.2) is 26.6 Å². The lowest BCUT2D eigenvalue weighted by atomic mass is 10.3. The number of thiazole rings is 1. The summed E-state index contributed by atoms with van der Waals surface area (Å²) in [6.45, 7) is 2.79. The molecule has 7 heteroatoms. The number of benzene rings is 1. The summed E-state index contributed by atoms with van der Waals surface area (Å²) < 4.78 is 32.0. The van der Waals surface area contributed by atoms with Gasteiger partial charge >= 0.3 is 0 Å². The smallest absolute Gasteiger partial charge is 0.240 e. The number of sulfonamides is 1. The molecule has 0 aliphatic rings. The van der Waals surface area contributed by atoms with E-state index in [0.717, 1.165) is 4.88 Å². The second-order valence-corrected chi connectivity index (χ2v) is 6.76. The van der Waals surface area contributed by atoms with Gasteiger partial charge in [-0.25, -0.2) is 13.1 Å². The summed E-state index contributed by atoms with van der Waals surface area (Å²) in [5.74, 6) is 0.663. The van der Waals surface area contributed by atoms with E-state index < -0.39 is 10.0 Å². The first kappa shape index (κ1) is 15.0. The van der Waals surface area contributed by atoms with Crippen LogP contribution in [-0.2, 0) is 16.4 Å². The summed E-state index contributed by atoms with van der Waals surface area (Å²) in [4.78, 5) is 5.25. The average molecular weight is 312 g/mol. The highest BCUT2D eigenvalue weighted by molar-refractivity contribution is 7.89. The Bertz CT molecular complexity index is 622. The molecular formula is C13H16N2O3S2. The molecule has 0 saturated carbocycles. The van der Waals surface area contributed by atoms with Gasteiger partial charge in [0.2, 0.25) is 10.0 Å². The number of nitrogens with one attached hydrogen (secondary N) is 1. The third-order valence-corrected chi connectivity index (χ3v) is 4.91. The maximum atomic E-state index is 12.1. The molecule has 0 atom stereocenters. The van der Waals surface area contributed by atoms with Gasteiger partial charge < -0.3 is 4.74 Å². The molecule has 0 spiro atoms. The fourth-order valence-corrected chi connectivity index (χ4v) is 3.27. The summed E-state index contributed by atoms with van der Waals surface area (Å²) in [6.07, 6.45) is 2.39. The molecule has 1 aromatic carbocycles. The van der Waals surface area contributed by atoms with E-state index >= 15 is 0 Å². The van der Waals surface area contributed by atoms with Crippen LogP contribution in [0.5, 0.6) is 5.75 Å². The van der Waals surface area contributed by atoms with Gasteiger partial charge in [0.15, 0.2) is 0 Å². The van der Waals surface area contributed by atoms with E-state index in [9.17, 15) is 8.42 Å². The predicted octanol–water partition coefficient (Wildman–Crippen LogP) is 2.06. The van der Waals surface area contributed by atoms with Crippen LogP contribution in [0.3, 0.4) is 0 Å². The lowest BCUT2D eigenvalue weighted by Gasteiger charge is -2.07. The van der Waals surface area contributed by atoms with Gasteiger partial charge in [-0.05, 0) is 37.6 Å². The molecule has 5 nitrogen and oxygen atoms in total. The molecule has 0 bridgehead atoms. The summed E-state index contributed by atoms with van der Waals surface area (Å²) in [5.41, 5.74) is 1.73. The predicted molar refractivity (Wildman–Crippen MR) is 78.6 cm³/mol. The third kappa shape index (κ3) is 4.03. The second kappa shape index (κ2) is 6.83. The van der Waals surface area contributed by atoms with E-state index in [4.69, 9.17) is 4.74 Å². The van der Waals surface area contributed by atoms with Crippen molar-refractivity contribution in [3.05, 3.63) is 40.8 Å². The minimum atomic E-state index is -3.47. The Labute approximate surface area is 122 Å². The first-order valence-corrected chi connectivity index (χ1v) is 8.58. The Morgan fingerprint density at radius 3 is 2.65 bits per heavy atom. The number of aromatic nitrogens is 1. The molecule has 1 N–H and O–H groups in total. The highest BCUT2D eigenvalue weighted by atomic mass is 32.2. The first-order chi connectivity index (χ1) is 9.62. The largest absolute Gasteiger partial charge is 0.494 e. The quantitative estimate of drug-likeness (QED) is 0.850. The molecule has 108 valence electrons. The van der Waals surface area contributed by atoms with E-state index in [1.807, 2.05) is 6.92 Å². The molecule has 0 unspecified atom stereocenters. The van der Waals surface area contributed by atoms with Gasteiger partial charge in [-0.2, -0.15) is 0 Å². The van der Waals surface area contributed by atoms with Crippen molar-refractivity contribution >= 4 is 21.4 Å². The summed E-state index contributed by atoms with van der Waals surface area (Å²) >= 11 is 1.51. The van der Waals surface area contributed by atoms with Crippen molar-refractivity contribution in [2.45, 2.75) is 18.2 Å². The minimum Gasteiger partial charge on any atom is -0.494 e. The van der Waals surface area contributed by atoms with Crippen LogP contribution in [0.4, 0.5) is 0 Å². The van der Waals surface area contributed by atoms with Gasteiger partial charge in [0.1, 0.15) is 5.75 Å². The summed E-state index contributed by atoms with van der Waals surface area (Å²) in [6, 6.07) is 6.39. The Kier molecular flexibility index (Phi) is 5.11. The van der Waals surface area contributed by atoms with Gasteiger partial charge in [-0.1, -0.05) is 0 Å². The molecule has 20 heavy (non-hydrogen) atoms. The molecule has 0 aliphatic carbocycles. The maximum absolute atomic E-state index is 12.1. The zero-order chi connectivity index (χ0) is 14.4. The Balaban J connectivity index is 1.95. The van der Waals surface area contributed by atoms with Crippen LogP contribution in [0.25, 0.3) is 0 Å². The number of rotatable bonds is 7. The highest BCUT2D eigenvalue weighted by Crippen LogP contribution is 2.16. The lowest BCUT2D eigenvalue weighted by Crippen LogP contribution is -2.25. The Morgan fingerprint density at radius 1 is 1.30 bits per heavy atom. The lowest BCUT2D eigenvalue weighted by molar-refractivity contribution is 0.340. The first-order valence-electron chi connectivity index (χ1n) is 6.21. The van der Waals surface area contributed by atoms with Gasteiger partial charge in [0.05, 0.1) is 17.0 Å². The SMILES string of the molecule is CCOc1ccc(S(=O)(=O)NCCc2cncs2)cc1. The average Bonchev–Trinajstić information content (AvgIpc) is 2.93. The monoisotopic (exact) mass is 312 g/mol. The number of hydrogen-bond donors (Lipinski definition) is 1. The fraction of sp³-hybridized carbons (Fsp3) is 0.308. The topological polar surface area (TPSA) is 68.3 Å². The summed E-state index contributed by atoms with van der Waals surface area (Å²) in [5, 5.41) is 0. The van der Waals surface area contributed by atoms with Gasteiger partial charge in [0.25, 0.3) is 0 Å². The zero-order valence-corrected chi connectivity index (χ0v) is 12.7. The van der Waals surface area contributed by atoms with Crippen molar-refractivity contribution in [2.24, 2.45) is 0 Å². The van der Waals surface area contributed by atoms with Crippen molar-refractivity contribution in [3.8, 4) is 5.75 Å². The van der Waals surface area contributed by atoms with Crippen molar-refractivity contribution in [1.29, 1.82) is 0 Å². The van der Waals surface area contributed by atoms with E-state index in [0.29, 0.717) is 25.3 Å². The van der Waals surface area contributed by atoms with Crippen molar-refractivity contribution < 1.29 is 13.2 Å². The van der Waals surface area contributed by atoms with E-state index in [1.165, 1.54) is 11.3 Å². The Morgan fingerprint density at radius 2 is 2.05 bits per heavy atom. The normalized spacial score (nSPS) is 11.4. The molecule has 1 aromatic heterocycles. The van der Waals surface area contributed by atoms with Crippen LogP contribution in [0.15, 0.2) is 40.9 Å². The van der Waals surface area contributed by atoms with Crippen LogP contribution in [0, 0.1) is 0 Å². The van der Waals surface area contributed by atoms with E-state index in [-0.39, 0.29) is 4.90 Å². The molecule has 2 aromatic rings. The molecule has 1 heterocycles. The van der Waals surface area contributed by atoms with Crippen molar-refractivity contribution in [1.82, 2.24) is 9.71 Å². The van der Waals surface area contributed by atoms with E-state index in [1.54, 1.807) is 36.0 Å². The second-order valence-electron chi connectivity index (χ2n) is 4.02. The van der Waals surface area contributed by atoms with Crippen molar-refractivity contribution in [3.63, 3.8) is 0 Å². The third-order valence-electron chi connectivity index (χ3n) is 2.59. The Hall–Kier alpha value is -1.44.